The number of alkyl halides is 3. The summed E-state index contributed by atoms with van der Waals surface area (Å²) >= 11 is 1.15. The van der Waals surface area contributed by atoms with Crippen molar-refractivity contribution in [2.24, 2.45) is 16.6 Å². The monoisotopic (exact) mass is 597 g/mol. The fraction of sp³-hybridized carbons (Fsp3) is 0.321. The van der Waals surface area contributed by atoms with Gasteiger partial charge in [0.1, 0.15) is 23.5 Å². The van der Waals surface area contributed by atoms with E-state index in [0.717, 1.165) is 16.7 Å². The molecular formula is C28H23F4N7O2S. The van der Waals surface area contributed by atoms with Crippen LogP contribution in [0.3, 0.4) is 0 Å². The smallest absolute Gasteiger partial charge is 0.282 e. The number of pyridine rings is 1. The number of nitrogens with two attached hydrogens (primary N) is 1. The maximum atomic E-state index is 15.4. The van der Waals surface area contributed by atoms with Gasteiger partial charge in [-0.05, 0) is 30.7 Å². The number of aliphatic imine (C=N–C) groups is 1. The number of nitrogens with one attached hydrogen (secondary N) is 1. The molecule has 3 atom stereocenters. The van der Waals surface area contributed by atoms with Gasteiger partial charge in [-0.15, -0.1) is 6.42 Å². The lowest BCUT2D eigenvalue weighted by atomic mass is 9.84. The molecule has 2 fully saturated rings. The van der Waals surface area contributed by atoms with Crippen molar-refractivity contribution in [3.63, 3.8) is 0 Å². The van der Waals surface area contributed by atoms with Gasteiger partial charge < -0.3 is 20.7 Å². The normalized spacial score (nSPS) is 25.7. The number of benzene rings is 1. The Kier molecular flexibility index (Phi) is 6.72. The Hall–Kier alpha value is -4.38. The van der Waals surface area contributed by atoms with E-state index >= 15 is 4.39 Å². The highest BCUT2D eigenvalue weighted by atomic mass is 32.2. The van der Waals surface area contributed by atoms with Gasteiger partial charge in [0.15, 0.2) is 17.6 Å². The highest BCUT2D eigenvalue weighted by Gasteiger charge is 2.67. The number of thioether (sulfide) groups is 1. The summed E-state index contributed by atoms with van der Waals surface area (Å²) in [5.74, 6) is -1.79. The van der Waals surface area contributed by atoms with E-state index < -0.39 is 53.6 Å². The quantitative estimate of drug-likeness (QED) is 0.228. The first-order valence-corrected chi connectivity index (χ1v) is 13.6. The molecule has 14 heteroatoms. The third kappa shape index (κ3) is 4.87. The third-order valence-electron chi connectivity index (χ3n) is 7.44. The SMILES string of the molecule is C#CCOc1cnc2c(Nc3ccc(F)c([C@@]4(CF)N=C(N)S[C@@]5(/C=C/C(=O)N6CC(F)(F)C6)CC54)c3)nccc2n1. The molecule has 0 bridgehead atoms. The van der Waals surface area contributed by atoms with E-state index in [4.69, 9.17) is 16.9 Å². The Labute approximate surface area is 241 Å². The second-order valence-electron chi connectivity index (χ2n) is 10.3. The number of rotatable bonds is 8. The van der Waals surface area contributed by atoms with Crippen molar-refractivity contribution < 1.29 is 27.1 Å². The van der Waals surface area contributed by atoms with Gasteiger partial charge in [-0.3, -0.25) is 4.79 Å². The van der Waals surface area contributed by atoms with Crippen LogP contribution in [0.15, 0.2) is 53.8 Å². The molecule has 216 valence electrons. The predicted molar refractivity (Wildman–Crippen MR) is 150 cm³/mol. The maximum Gasteiger partial charge on any atom is 0.282 e. The molecule has 1 unspecified atom stereocenters. The minimum absolute atomic E-state index is 0.0245. The first kappa shape index (κ1) is 27.8. The van der Waals surface area contributed by atoms with Crippen molar-refractivity contribution in [1.82, 2.24) is 19.9 Å². The minimum Gasteiger partial charge on any atom is -0.463 e. The highest BCUT2D eigenvalue weighted by molar-refractivity contribution is 8.15. The average Bonchev–Trinajstić information content (AvgIpc) is 3.69. The van der Waals surface area contributed by atoms with Crippen LogP contribution >= 0.6 is 11.8 Å². The molecule has 1 saturated carbocycles. The van der Waals surface area contributed by atoms with Gasteiger partial charge in [0.25, 0.3) is 5.92 Å². The summed E-state index contributed by atoms with van der Waals surface area (Å²) in [6.45, 7) is -2.33. The van der Waals surface area contributed by atoms with E-state index in [1.54, 1.807) is 12.1 Å². The molecule has 0 radical (unpaired) electrons. The average molecular weight is 598 g/mol. The Balaban J connectivity index is 1.28. The molecule has 1 aliphatic carbocycles. The summed E-state index contributed by atoms with van der Waals surface area (Å²) in [6, 6.07) is 5.74. The number of terminal acetylenes is 1. The van der Waals surface area contributed by atoms with Crippen LogP contribution in [0.1, 0.15) is 12.0 Å². The van der Waals surface area contributed by atoms with Crippen LogP contribution in [0.25, 0.3) is 11.0 Å². The number of hydrogen-bond donors (Lipinski definition) is 2. The first-order valence-electron chi connectivity index (χ1n) is 12.8. The lowest BCUT2D eigenvalue weighted by Crippen LogP contribution is -2.58. The molecule has 1 aromatic carbocycles. The Morgan fingerprint density at radius 1 is 1.31 bits per heavy atom. The van der Waals surface area contributed by atoms with Gasteiger partial charge in [0.05, 0.1) is 24.8 Å². The van der Waals surface area contributed by atoms with E-state index in [9.17, 15) is 18.0 Å². The molecule has 3 aromatic rings. The van der Waals surface area contributed by atoms with Crippen LogP contribution in [0.5, 0.6) is 5.88 Å². The van der Waals surface area contributed by atoms with E-state index in [1.807, 2.05) is 0 Å². The summed E-state index contributed by atoms with van der Waals surface area (Å²) in [5.41, 5.74) is 5.69. The number of anilines is 2. The van der Waals surface area contributed by atoms with Crippen molar-refractivity contribution in [2.45, 2.75) is 22.6 Å². The van der Waals surface area contributed by atoms with Crippen LogP contribution in [0.2, 0.25) is 0 Å². The van der Waals surface area contributed by atoms with Crippen molar-refractivity contribution >= 4 is 45.4 Å². The fourth-order valence-corrected chi connectivity index (χ4v) is 6.68. The second-order valence-corrected chi connectivity index (χ2v) is 11.6. The molecule has 2 aliphatic heterocycles. The number of carbonyl (C=O) groups excluding carboxylic acids is 1. The van der Waals surface area contributed by atoms with Crippen LogP contribution in [0, 0.1) is 24.1 Å². The third-order valence-corrected chi connectivity index (χ3v) is 8.71. The molecule has 3 N–H and O–H groups in total. The summed E-state index contributed by atoms with van der Waals surface area (Å²) in [7, 11) is 0. The summed E-state index contributed by atoms with van der Waals surface area (Å²) < 4.78 is 61.3. The summed E-state index contributed by atoms with van der Waals surface area (Å²) in [6.07, 6.45) is 11.2. The maximum absolute atomic E-state index is 15.4. The van der Waals surface area contributed by atoms with Crippen molar-refractivity contribution in [3.8, 4) is 18.2 Å². The van der Waals surface area contributed by atoms with E-state index in [1.165, 1.54) is 36.7 Å². The zero-order valence-corrected chi connectivity index (χ0v) is 22.7. The van der Waals surface area contributed by atoms with Crippen molar-refractivity contribution in [1.29, 1.82) is 0 Å². The molecule has 2 aromatic heterocycles. The Bertz CT molecular complexity index is 1690. The van der Waals surface area contributed by atoms with Crippen molar-refractivity contribution in [2.75, 3.05) is 31.7 Å². The van der Waals surface area contributed by atoms with E-state index in [0.29, 0.717) is 29.0 Å². The van der Waals surface area contributed by atoms with Gasteiger partial charge in [-0.2, -0.15) is 0 Å². The zero-order chi connectivity index (χ0) is 29.7. The number of halogens is 4. The Morgan fingerprint density at radius 2 is 2.12 bits per heavy atom. The van der Waals surface area contributed by atoms with E-state index in [-0.39, 0.29) is 23.2 Å². The zero-order valence-electron chi connectivity index (χ0n) is 21.9. The number of carbonyl (C=O) groups is 1. The Morgan fingerprint density at radius 3 is 2.86 bits per heavy atom. The van der Waals surface area contributed by atoms with Gasteiger partial charge in [0.2, 0.25) is 11.8 Å². The molecule has 9 nitrogen and oxygen atoms in total. The minimum atomic E-state index is -2.89. The van der Waals surface area contributed by atoms with Crippen LogP contribution < -0.4 is 15.8 Å². The van der Waals surface area contributed by atoms with Gasteiger partial charge in [0, 0.05) is 34.2 Å². The molecule has 6 rings (SSSR count). The number of hydrogen-bond acceptors (Lipinski definition) is 9. The lowest BCUT2D eigenvalue weighted by Gasteiger charge is -2.38. The number of likely N-dealkylation sites (tertiary alicyclic amines) is 1. The fourth-order valence-electron chi connectivity index (χ4n) is 5.36. The molecule has 3 aliphatic rings. The number of aromatic nitrogens is 3. The van der Waals surface area contributed by atoms with Crippen LogP contribution in [0.4, 0.5) is 29.1 Å². The lowest BCUT2D eigenvalue weighted by molar-refractivity contribution is -0.160. The standard InChI is InChI=1S/C28H23F4N7O2S/c1-2-9-41-21-12-35-23-19(37-21)6-8-34-24(23)36-16-3-4-18(30)17(10-16)28(13-29)20-11-26(20,42-25(33)38-28)7-5-22(40)39-14-27(31,32)15-39/h1,3-8,10,12,20H,9,11,13-15H2,(H2,33,38)(H,34,36)/b7-5+/t20?,26-,28+/m0/s1. The van der Waals surface area contributed by atoms with Gasteiger partial charge >= 0.3 is 0 Å². The van der Waals surface area contributed by atoms with Gasteiger partial charge in [-0.1, -0.05) is 23.8 Å². The van der Waals surface area contributed by atoms with Crippen LogP contribution in [-0.4, -0.2) is 68.0 Å². The summed E-state index contributed by atoms with van der Waals surface area (Å²) in [5, 5.41) is 3.12. The predicted octanol–water partition coefficient (Wildman–Crippen LogP) is 3.94. The largest absolute Gasteiger partial charge is 0.463 e. The number of ether oxygens (including phenoxy) is 1. The molecule has 1 saturated heterocycles. The number of fused-ring (bicyclic) bond motifs is 2. The van der Waals surface area contributed by atoms with E-state index in [2.05, 4.69) is 31.2 Å². The molecular weight excluding hydrogens is 574 g/mol. The molecule has 4 heterocycles. The van der Waals surface area contributed by atoms with Gasteiger partial charge in [-0.25, -0.2) is 37.5 Å². The molecule has 1 amide bonds. The van der Waals surface area contributed by atoms with Crippen molar-refractivity contribution in [3.05, 3.63) is 60.2 Å². The molecule has 42 heavy (non-hydrogen) atoms. The number of amides is 1. The highest BCUT2D eigenvalue weighted by Crippen LogP contribution is 2.67. The molecule has 0 spiro atoms. The number of amidine groups is 1. The topological polar surface area (TPSA) is 119 Å². The summed E-state index contributed by atoms with van der Waals surface area (Å²) in [4.78, 5) is 30.8. The first-order chi connectivity index (χ1) is 20.1. The van der Waals surface area contributed by atoms with Crippen LogP contribution in [-0.2, 0) is 10.3 Å². The number of nitrogens with zero attached hydrogens (tertiary/aromatic N) is 5. The second kappa shape index (κ2) is 10.2.